The van der Waals surface area contributed by atoms with E-state index in [2.05, 4.69) is 26.0 Å². The molecular formula is C8H5BrF3N3. The zero-order valence-corrected chi connectivity index (χ0v) is 8.88. The van der Waals surface area contributed by atoms with Crippen molar-refractivity contribution in [1.29, 1.82) is 0 Å². The van der Waals surface area contributed by atoms with E-state index in [1.165, 1.54) is 18.6 Å². The number of halogens is 4. The highest BCUT2D eigenvalue weighted by Gasteiger charge is 2.29. The summed E-state index contributed by atoms with van der Waals surface area (Å²) in [5, 5.41) is 4.25. The lowest BCUT2D eigenvalue weighted by Crippen LogP contribution is -2.18. The second kappa shape index (κ2) is 3.48. The Labute approximate surface area is 91.0 Å². The number of pyridine rings is 1. The SMILES string of the molecule is FC(F)(F)Cn1ncc2cncc(Br)c21. The summed E-state index contributed by atoms with van der Waals surface area (Å²) >= 11 is 3.14. The summed E-state index contributed by atoms with van der Waals surface area (Å²) in [7, 11) is 0. The summed E-state index contributed by atoms with van der Waals surface area (Å²) in [6.07, 6.45) is -0.00263. The Hall–Kier alpha value is -1.11. The third kappa shape index (κ3) is 2.11. The molecule has 0 amide bonds. The molecule has 0 bridgehead atoms. The van der Waals surface area contributed by atoms with Crippen LogP contribution in [-0.4, -0.2) is 20.9 Å². The lowest BCUT2D eigenvalue weighted by atomic mass is 10.3. The summed E-state index contributed by atoms with van der Waals surface area (Å²) in [5.74, 6) is 0. The van der Waals surface area contributed by atoms with Gasteiger partial charge in [0.05, 0.1) is 16.2 Å². The molecule has 0 saturated carbocycles. The minimum atomic E-state index is -4.28. The smallest absolute Gasteiger partial charge is 0.263 e. The fraction of sp³-hybridized carbons (Fsp3) is 0.250. The van der Waals surface area contributed by atoms with Crippen molar-refractivity contribution in [1.82, 2.24) is 14.8 Å². The van der Waals surface area contributed by atoms with Crippen molar-refractivity contribution in [3.05, 3.63) is 23.1 Å². The van der Waals surface area contributed by atoms with Crippen LogP contribution in [0.25, 0.3) is 10.9 Å². The van der Waals surface area contributed by atoms with E-state index in [0.29, 0.717) is 15.4 Å². The molecule has 0 radical (unpaired) electrons. The van der Waals surface area contributed by atoms with Crippen molar-refractivity contribution < 1.29 is 13.2 Å². The standard InChI is InChI=1S/C8H5BrF3N3/c9-6-3-13-1-5-2-14-15(7(5)6)4-8(10,11)12/h1-3H,4H2. The van der Waals surface area contributed by atoms with Crippen molar-refractivity contribution in [3.8, 4) is 0 Å². The fourth-order valence-corrected chi connectivity index (χ4v) is 1.84. The van der Waals surface area contributed by atoms with Crippen LogP contribution < -0.4 is 0 Å². The maximum absolute atomic E-state index is 12.2. The van der Waals surface area contributed by atoms with Crippen LogP contribution in [-0.2, 0) is 6.54 Å². The van der Waals surface area contributed by atoms with Gasteiger partial charge in [-0.1, -0.05) is 0 Å². The van der Waals surface area contributed by atoms with Gasteiger partial charge in [-0.2, -0.15) is 18.3 Å². The molecule has 7 heteroatoms. The van der Waals surface area contributed by atoms with Gasteiger partial charge in [0.1, 0.15) is 6.54 Å². The van der Waals surface area contributed by atoms with Crippen LogP contribution in [0.4, 0.5) is 13.2 Å². The molecule has 0 unspecified atom stereocenters. The number of nitrogens with zero attached hydrogens (tertiary/aromatic N) is 3. The van der Waals surface area contributed by atoms with E-state index < -0.39 is 12.7 Å². The van der Waals surface area contributed by atoms with Crippen LogP contribution in [0.3, 0.4) is 0 Å². The molecule has 0 spiro atoms. The van der Waals surface area contributed by atoms with Crippen molar-refractivity contribution in [2.24, 2.45) is 0 Å². The monoisotopic (exact) mass is 279 g/mol. The van der Waals surface area contributed by atoms with Crippen LogP contribution in [0.5, 0.6) is 0 Å². The summed E-state index contributed by atoms with van der Waals surface area (Å²) in [6, 6.07) is 0. The first-order valence-corrected chi connectivity index (χ1v) is 4.78. The predicted molar refractivity (Wildman–Crippen MR) is 51.3 cm³/mol. The Kier molecular flexibility index (Phi) is 2.41. The molecule has 2 heterocycles. The fourth-order valence-electron chi connectivity index (χ4n) is 1.29. The van der Waals surface area contributed by atoms with Gasteiger partial charge in [0, 0.05) is 17.8 Å². The molecule has 0 aliphatic rings. The molecule has 0 aliphatic heterocycles. The van der Waals surface area contributed by atoms with Crippen molar-refractivity contribution >= 4 is 26.8 Å². The molecule has 0 aliphatic carbocycles. The van der Waals surface area contributed by atoms with Gasteiger partial charge in [0.15, 0.2) is 0 Å². The van der Waals surface area contributed by atoms with Crippen molar-refractivity contribution in [2.75, 3.05) is 0 Å². The zero-order valence-electron chi connectivity index (χ0n) is 7.29. The summed E-state index contributed by atoms with van der Waals surface area (Å²) < 4.78 is 38.0. The molecule has 3 nitrogen and oxygen atoms in total. The molecule has 2 rings (SSSR count). The van der Waals surface area contributed by atoms with Crippen LogP contribution in [0.15, 0.2) is 23.1 Å². The van der Waals surface area contributed by atoms with Crippen LogP contribution >= 0.6 is 15.9 Å². The normalized spacial score (nSPS) is 12.3. The van der Waals surface area contributed by atoms with E-state index in [4.69, 9.17) is 0 Å². The van der Waals surface area contributed by atoms with Crippen molar-refractivity contribution in [2.45, 2.75) is 12.7 Å². The maximum Gasteiger partial charge on any atom is 0.408 e. The Bertz CT molecular complexity index is 491. The average Bonchev–Trinajstić information content (AvgIpc) is 2.47. The Balaban J connectivity index is 2.53. The van der Waals surface area contributed by atoms with Gasteiger partial charge in [-0.25, -0.2) is 0 Å². The quantitative estimate of drug-likeness (QED) is 0.804. The van der Waals surface area contributed by atoms with E-state index in [-0.39, 0.29) is 0 Å². The second-order valence-corrected chi connectivity index (χ2v) is 3.83. The van der Waals surface area contributed by atoms with Crippen molar-refractivity contribution in [3.63, 3.8) is 0 Å². The van der Waals surface area contributed by atoms with E-state index >= 15 is 0 Å². The number of aromatic nitrogens is 3. The van der Waals surface area contributed by atoms with Crippen LogP contribution in [0, 0.1) is 0 Å². The van der Waals surface area contributed by atoms with Gasteiger partial charge >= 0.3 is 6.18 Å². The summed E-state index contributed by atoms with van der Waals surface area (Å²) in [6.45, 7) is -1.10. The van der Waals surface area contributed by atoms with Crippen LogP contribution in [0.2, 0.25) is 0 Å². The van der Waals surface area contributed by atoms with Gasteiger partial charge in [-0.05, 0) is 15.9 Å². The molecule has 2 aromatic rings. The first-order chi connectivity index (χ1) is 6.97. The molecule has 0 atom stereocenters. The molecule has 0 aromatic carbocycles. The van der Waals surface area contributed by atoms with Gasteiger partial charge < -0.3 is 0 Å². The number of rotatable bonds is 1. The van der Waals surface area contributed by atoms with Gasteiger partial charge in [0.25, 0.3) is 0 Å². The largest absolute Gasteiger partial charge is 0.408 e. The summed E-state index contributed by atoms with van der Waals surface area (Å²) in [5.41, 5.74) is 0.405. The number of hydrogen-bond donors (Lipinski definition) is 0. The average molecular weight is 280 g/mol. The second-order valence-electron chi connectivity index (χ2n) is 2.98. The zero-order chi connectivity index (χ0) is 11.1. The van der Waals surface area contributed by atoms with E-state index in [1.54, 1.807) is 0 Å². The molecule has 0 fully saturated rings. The highest BCUT2D eigenvalue weighted by molar-refractivity contribution is 9.10. The predicted octanol–water partition coefficient (Wildman–Crippen LogP) is 2.76. The number of fused-ring (bicyclic) bond motifs is 1. The third-order valence-corrected chi connectivity index (χ3v) is 2.40. The highest BCUT2D eigenvalue weighted by Crippen LogP contribution is 2.25. The van der Waals surface area contributed by atoms with Gasteiger partial charge in [0.2, 0.25) is 0 Å². The molecule has 0 saturated heterocycles. The van der Waals surface area contributed by atoms with Crippen LogP contribution in [0.1, 0.15) is 0 Å². The lowest BCUT2D eigenvalue weighted by molar-refractivity contribution is -0.141. The molecule has 2 aromatic heterocycles. The first-order valence-electron chi connectivity index (χ1n) is 3.99. The topological polar surface area (TPSA) is 30.7 Å². The van der Waals surface area contributed by atoms with Gasteiger partial charge in [-0.15, -0.1) is 0 Å². The minimum Gasteiger partial charge on any atom is -0.263 e. The molecule has 80 valence electrons. The van der Waals surface area contributed by atoms with E-state index in [9.17, 15) is 13.2 Å². The molecule has 0 N–H and O–H groups in total. The first kappa shape index (κ1) is 10.4. The van der Waals surface area contributed by atoms with E-state index in [1.807, 2.05) is 0 Å². The molecular weight excluding hydrogens is 275 g/mol. The van der Waals surface area contributed by atoms with Gasteiger partial charge in [-0.3, -0.25) is 9.67 Å². The summed E-state index contributed by atoms with van der Waals surface area (Å²) in [4.78, 5) is 3.84. The lowest BCUT2D eigenvalue weighted by Gasteiger charge is -2.07. The number of alkyl halides is 3. The Morgan fingerprint density at radius 1 is 1.27 bits per heavy atom. The van der Waals surface area contributed by atoms with E-state index in [0.717, 1.165) is 4.68 Å². The minimum absolute atomic E-state index is 0.405. The number of hydrogen-bond acceptors (Lipinski definition) is 2. The third-order valence-electron chi connectivity index (χ3n) is 1.82. The Morgan fingerprint density at radius 3 is 2.67 bits per heavy atom. The Morgan fingerprint density at radius 2 is 2.00 bits per heavy atom. The maximum atomic E-state index is 12.2. The highest BCUT2D eigenvalue weighted by atomic mass is 79.9. The molecule has 15 heavy (non-hydrogen) atoms.